The van der Waals surface area contributed by atoms with Crippen molar-refractivity contribution >= 4 is 46.1 Å². The van der Waals surface area contributed by atoms with Gasteiger partial charge in [-0.25, -0.2) is 4.98 Å². The van der Waals surface area contributed by atoms with Gasteiger partial charge in [0.2, 0.25) is 0 Å². The third-order valence-electron chi connectivity index (χ3n) is 7.03. The van der Waals surface area contributed by atoms with Gasteiger partial charge in [0.25, 0.3) is 0 Å². The highest BCUT2D eigenvalue weighted by atomic mass is 28.3. The van der Waals surface area contributed by atoms with Crippen molar-refractivity contribution in [3.8, 4) is 11.3 Å². The second-order valence-electron chi connectivity index (χ2n) is 10.6. The van der Waals surface area contributed by atoms with Gasteiger partial charge in [-0.05, 0) is 47.5 Å². The molecule has 0 amide bonds. The summed E-state index contributed by atoms with van der Waals surface area (Å²) in [5, 5.41) is 5.11. The normalized spacial score (nSPS) is 15.0. The lowest BCUT2D eigenvalue weighted by molar-refractivity contribution is 0.643. The van der Waals surface area contributed by atoms with Gasteiger partial charge in [0.05, 0.1) is 19.3 Å². The van der Waals surface area contributed by atoms with Crippen LogP contribution in [0.25, 0.3) is 44.1 Å². The maximum Gasteiger partial charge on any atom is 0.136 e. The third-order valence-corrected chi connectivity index (χ3v) is 9.04. The van der Waals surface area contributed by atoms with Gasteiger partial charge >= 0.3 is 0 Å². The van der Waals surface area contributed by atoms with Crippen molar-refractivity contribution in [2.75, 3.05) is 0 Å². The van der Waals surface area contributed by atoms with E-state index in [2.05, 4.69) is 95.0 Å². The molecule has 0 radical (unpaired) electrons. The van der Waals surface area contributed by atoms with Crippen molar-refractivity contribution < 1.29 is 4.42 Å². The summed E-state index contributed by atoms with van der Waals surface area (Å²) in [6.45, 7) is 14.0. The van der Waals surface area contributed by atoms with Crippen LogP contribution in [0.5, 0.6) is 0 Å². The second kappa shape index (κ2) is 5.86. The molecule has 0 spiro atoms. The van der Waals surface area contributed by atoms with Crippen LogP contribution in [0.15, 0.2) is 59.0 Å². The number of hydrogen-bond donors (Lipinski definition) is 0. The number of rotatable bonds is 1. The van der Waals surface area contributed by atoms with Crippen molar-refractivity contribution in [2.45, 2.75) is 45.8 Å². The first-order valence-electron chi connectivity index (χ1n) is 11.1. The van der Waals surface area contributed by atoms with E-state index in [1.54, 1.807) is 0 Å². The number of nitrogens with zero attached hydrogens (tertiary/aromatic N) is 1. The number of furan rings is 1. The predicted molar refractivity (Wildman–Crippen MR) is 134 cm³/mol. The summed E-state index contributed by atoms with van der Waals surface area (Å²) < 4.78 is 6.59. The largest absolute Gasteiger partial charge is 0.456 e. The summed E-state index contributed by atoms with van der Waals surface area (Å²) in [6, 6.07) is 20.0. The van der Waals surface area contributed by atoms with Crippen LogP contribution < -0.4 is 5.19 Å². The fourth-order valence-corrected chi connectivity index (χ4v) is 6.79. The van der Waals surface area contributed by atoms with Crippen LogP contribution in [-0.4, -0.2) is 13.1 Å². The summed E-state index contributed by atoms with van der Waals surface area (Å²) in [4.78, 5) is 5.23. The average molecular weight is 422 g/mol. The fourth-order valence-electron chi connectivity index (χ4n) is 5.35. The topological polar surface area (TPSA) is 26.0 Å². The Labute approximate surface area is 183 Å². The van der Waals surface area contributed by atoms with Gasteiger partial charge in [0, 0.05) is 27.1 Å². The number of benzene rings is 3. The lowest BCUT2D eigenvalue weighted by Crippen LogP contribution is -2.38. The van der Waals surface area contributed by atoms with Crippen molar-refractivity contribution in [3.63, 3.8) is 0 Å². The molecule has 5 aromatic rings. The predicted octanol–water partition coefficient (Wildman–Crippen LogP) is 7.29. The molecule has 0 fully saturated rings. The molecule has 31 heavy (non-hydrogen) atoms. The van der Waals surface area contributed by atoms with E-state index in [0.29, 0.717) is 0 Å². The highest BCUT2D eigenvalue weighted by Gasteiger charge is 2.36. The Bertz CT molecular complexity index is 1550. The fraction of sp³-hybridized carbons (Fsp3) is 0.250. The van der Waals surface area contributed by atoms with E-state index >= 15 is 0 Å². The summed E-state index contributed by atoms with van der Waals surface area (Å²) in [7, 11) is -1.57. The minimum absolute atomic E-state index is 0.188. The van der Waals surface area contributed by atoms with Crippen LogP contribution >= 0.6 is 0 Å². The molecule has 6 rings (SSSR count). The van der Waals surface area contributed by atoms with Gasteiger partial charge in [-0.3, -0.25) is 0 Å². The maximum atomic E-state index is 6.59. The molecule has 154 valence electrons. The average Bonchev–Trinajstić information content (AvgIpc) is 3.07. The molecule has 1 aliphatic carbocycles. The number of hydrogen-bond acceptors (Lipinski definition) is 2. The molecule has 2 aromatic heterocycles. The molecule has 1 aliphatic rings. The molecule has 2 heterocycles. The zero-order valence-electron chi connectivity index (χ0n) is 19.1. The zero-order chi connectivity index (χ0) is 21.7. The smallest absolute Gasteiger partial charge is 0.136 e. The van der Waals surface area contributed by atoms with Crippen LogP contribution in [0.2, 0.25) is 19.6 Å². The maximum absolute atomic E-state index is 6.59. The van der Waals surface area contributed by atoms with Crippen molar-refractivity contribution in [1.29, 1.82) is 0 Å². The number of aromatic nitrogens is 1. The van der Waals surface area contributed by atoms with Crippen molar-refractivity contribution in [2.24, 2.45) is 0 Å². The Kier molecular flexibility index (Phi) is 3.56. The van der Waals surface area contributed by atoms with E-state index in [1.807, 2.05) is 0 Å². The molecular formula is C28H27NOSi. The minimum Gasteiger partial charge on any atom is -0.456 e. The molecule has 0 N–H and O–H groups in total. The van der Waals surface area contributed by atoms with Crippen LogP contribution in [0.3, 0.4) is 0 Å². The number of aryl methyl sites for hydroxylation is 1. The van der Waals surface area contributed by atoms with E-state index in [-0.39, 0.29) is 5.41 Å². The first-order valence-corrected chi connectivity index (χ1v) is 14.6. The lowest BCUT2D eigenvalue weighted by Gasteiger charge is -2.29. The van der Waals surface area contributed by atoms with Gasteiger partial charge in [-0.2, -0.15) is 0 Å². The molecule has 0 saturated carbocycles. The van der Waals surface area contributed by atoms with Gasteiger partial charge in [0.15, 0.2) is 0 Å². The second-order valence-corrected chi connectivity index (χ2v) is 15.6. The van der Waals surface area contributed by atoms with E-state index < -0.39 is 8.07 Å². The summed E-state index contributed by atoms with van der Waals surface area (Å²) in [5.41, 5.74) is 9.07. The Morgan fingerprint density at radius 2 is 1.68 bits per heavy atom. The minimum atomic E-state index is -1.57. The Balaban J connectivity index is 1.85. The summed E-state index contributed by atoms with van der Waals surface area (Å²) in [6.07, 6.45) is 0. The molecule has 0 bridgehead atoms. The molecule has 2 nitrogen and oxygen atoms in total. The van der Waals surface area contributed by atoms with E-state index in [4.69, 9.17) is 9.40 Å². The summed E-state index contributed by atoms with van der Waals surface area (Å²) in [5.74, 6) is 0. The van der Waals surface area contributed by atoms with Gasteiger partial charge in [0.1, 0.15) is 11.2 Å². The molecule has 0 saturated heterocycles. The first-order chi connectivity index (χ1) is 14.7. The van der Waals surface area contributed by atoms with Gasteiger partial charge < -0.3 is 4.42 Å². The Hall–Kier alpha value is -2.91. The molecule has 3 heteroatoms. The highest BCUT2D eigenvalue weighted by molar-refractivity contribution is 6.90. The van der Waals surface area contributed by atoms with E-state index in [9.17, 15) is 0 Å². The summed E-state index contributed by atoms with van der Waals surface area (Å²) >= 11 is 0. The van der Waals surface area contributed by atoms with Crippen LogP contribution in [0.1, 0.15) is 30.5 Å². The van der Waals surface area contributed by atoms with Crippen LogP contribution in [0, 0.1) is 6.92 Å². The molecular weight excluding hydrogens is 394 g/mol. The monoisotopic (exact) mass is 421 g/mol. The Morgan fingerprint density at radius 1 is 0.871 bits per heavy atom. The highest BCUT2D eigenvalue weighted by Crippen LogP contribution is 2.49. The lowest BCUT2D eigenvalue weighted by atomic mass is 9.76. The van der Waals surface area contributed by atoms with Crippen molar-refractivity contribution in [1.82, 2.24) is 4.98 Å². The SMILES string of the molecule is Cc1ccc2nc3c(cc2c1)C(C)(C)c1ccc([Si](C)(C)C)c2oc4cccc-3c4c12. The third kappa shape index (κ3) is 2.47. The molecule has 3 aromatic carbocycles. The quantitative estimate of drug-likeness (QED) is 0.266. The molecule has 0 atom stereocenters. The van der Waals surface area contributed by atoms with Crippen molar-refractivity contribution in [3.05, 3.63) is 71.3 Å². The number of fused-ring (bicyclic) bond motifs is 3. The van der Waals surface area contributed by atoms with E-state index in [0.717, 1.165) is 22.4 Å². The first kappa shape index (κ1) is 18.8. The number of pyridine rings is 1. The molecule has 0 unspecified atom stereocenters. The molecule has 0 aliphatic heterocycles. The zero-order valence-corrected chi connectivity index (χ0v) is 20.1. The van der Waals surface area contributed by atoms with Crippen LogP contribution in [0.4, 0.5) is 0 Å². The van der Waals surface area contributed by atoms with Gasteiger partial charge in [-0.15, -0.1) is 0 Å². The Morgan fingerprint density at radius 3 is 2.45 bits per heavy atom. The standard InChI is InChI=1S/C28H27NOSi/c1-16-10-12-21-17(14-16)15-20-26(29-21)18-8-7-9-22-24(18)25-19(28(20,2)3)11-13-23(27(25)30-22)31(4,5)6/h7-15H,1-6H3. The van der Waals surface area contributed by atoms with Crippen LogP contribution in [-0.2, 0) is 5.41 Å². The van der Waals surface area contributed by atoms with Gasteiger partial charge in [-0.1, -0.05) is 69.4 Å². The van der Waals surface area contributed by atoms with E-state index in [1.165, 1.54) is 43.6 Å².